The molecule has 130 valence electrons. The van der Waals surface area contributed by atoms with Gasteiger partial charge in [-0.3, -0.25) is 9.48 Å². The molecule has 0 saturated carbocycles. The summed E-state index contributed by atoms with van der Waals surface area (Å²) in [5.74, 6) is 0.505. The molecule has 0 radical (unpaired) electrons. The van der Waals surface area contributed by atoms with Gasteiger partial charge in [0.2, 0.25) is 5.91 Å². The van der Waals surface area contributed by atoms with Crippen LogP contribution < -0.4 is 11.1 Å². The van der Waals surface area contributed by atoms with Crippen molar-refractivity contribution in [3.8, 4) is 0 Å². The molecule has 0 bridgehead atoms. The van der Waals surface area contributed by atoms with Gasteiger partial charge in [0.05, 0.1) is 12.1 Å². The summed E-state index contributed by atoms with van der Waals surface area (Å²) in [4.78, 5) is 12.3. The normalized spacial score (nSPS) is 12.4. The highest BCUT2D eigenvalue weighted by molar-refractivity contribution is 5.79. The van der Waals surface area contributed by atoms with Gasteiger partial charge < -0.3 is 11.1 Å². The molecule has 0 aliphatic carbocycles. The standard InChI is InChI=1S/C19H28N4O/c1-13(2)12-23-15(4)17(14(3)22-23)10-19(24)21-11-18(20)16-8-6-5-7-9-16/h5-9,13,18H,10-12,20H2,1-4H3,(H,21,24). The van der Waals surface area contributed by atoms with E-state index in [9.17, 15) is 4.79 Å². The Bertz CT molecular complexity index is 676. The minimum absolute atomic E-state index is 0.0170. The van der Waals surface area contributed by atoms with Crippen LogP contribution in [0.1, 0.15) is 42.4 Å². The van der Waals surface area contributed by atoms with Gasteiger partial charge in [0.1, 0.15) is 0 Å². The van der Waals surface area contributed by atoms with Crippen molar-refractivity contribution in [3.05, 3.63) is 52.8 Å². The highest BCUT2D eigenvalue weighted by atomic mass is 16.1. The number of rotatable bonds is 7. The fraction of sp³-hybridized carbons (Fsp3) is 0.474. The highest BCUT2D eigenvalue weighted by Crippen LogP contribution is 2.15. The number of benzene rings is 1. The summed E-state index contributed by atoms with van der Waals surface area (Å²) in [6.45, 7) is 9.61. The minimum Gasteiger partial charge on any atom is -0.354 e. The van der Waals surface area contributed by atoms with E-state index in [0.717, 1.165) is 29.1 Å². The second-order valence-corrected chi connectivity index (χ2v) is 6.72. The topological polar surface area (TPSA) is 72.9 Å². The van der Waals surface area contributed by atoms with Crippen LogP contribution >= 0.6 is 0 Å². The number of nitrogens with two attached hydrogens (primary N) is 1. The Kier molecular flexibility index (Phi) is 6.15. The van der Waals surface area contributed by atoms with Crippen molar-refractivity contribution in [3.63, 3.8) is 0 Å². The van der Waals surface area contributed by atoms with Crippen LogP contribution in [0, 0.1) is 19.8 Å². The van der Waals surface area contributed by atoms with Crippen molar-refractivity contribution in [1.29, 1.82) is 0 Å². The van der Waals surface area contributed by atoms with Gasteiger partial charge >= 0.3 is 0 Å². The Hall–Kier alpha value is -2.14. The van der Waals surface area contributed by atoms with Crippen molar-refractivity contribution < 1.29 is 4.79 Å². The molecular weight excluding hydrogens is 300 g/mol. The number of carbonyl (C=O) groups excluding carboxylic acids is 1. The van der Waals surface area contributed by atoms with E-state index in [1.165, 1.54) is 0 Å². The summed E-state index contributed by atoms with van der Waals surface area (Å²) in [5, 5.41) is 7.49. The first-order valence-corrected chi connectivity index (χ1v) is 8.48. The van der Waals surface area contributed by atoms with Gasteiger partial charge in [0, 0.05) is 30.4 Å². The Morgan fingerprint density at radius 1 is 1.25 bits per heavy atom. The monoisotopic (exact) mass is 328 g/mol. The van der Waals surface area contributed by atoms with Crippen molar-refractivity contribution in [2.75, 3.05) is 6.54 Å². The van der Waals surface area contributed by atoms with Crippen molar-refractivity contribution >= 4 is 5.91 Å². The summed E-state index contributed by atoms with van der Waals surface area (Å²) >= 11 is 0. The molecule has 0 saturated heterocycles. The lowest BCUT2D eigenvalue weighted by Gasteiger charge is -2.13. The first-order valence-electron chi connectivity index (χ1n) is 8.48. The van der Waals surface area contributed by atoms with E-state index in [-0.39, 0.29) is 11.9 Å². The van der Waals surface area contributed by atoms with Gasteiger partial charge in [-0.2, -0.15) is 5.10 Å². The number of nitrogens with one attached hydrogen (secondary N) is 1. The predicted octanol–water partition coefficient (Wildman–Crippen LogP) is 2.51. The zero-order chi connectivity index (χ0) is 17.7. The second-order valence-electron chi connectivity index (χ2n) is 6.72. The summed E-state index contributed by atoms with van der Waals surface area (Å²) in [6.07, 6.45) is 0.345. The SMILES string of the molecule is Cc1nn(CC(C)C)c(C)c1CC(=O)NCC(N)c1ccccc1. The summed E-state index contributed by atoms with van der Waals surface area (Å²) in [6, 6.07) is 9.61. The van der Waals surface area contributed by atoms with E-state index in [1.807, 2.05) is 48.9 Å². The zero-order valence-corrected chi connectivity index (χ0v) is 15.0. The number of aromatic nitrogens is 2. The average molecular weight is 328 g/mol. The molecule has 0 spiro atoms. The van der Waals surface area contributed by atoms with Crippen LogP contribution in [-0.2, 0) is 17.8 Å². The summed E-state index contributed by atoms with van der Waals surface area (Å²) in [5.41, 5.74) is 10.2. The smallest absolute Gasteiger partial charge is 0.224 e. The molecule has 24 heavy (non-hydrogen) atoms. The Morgan fingerprint density at radius 3 is 2.54 bits per heavy atom. The molecule has 0 fully saturated rings. The molecule has 1 heterocycles. The fourth-order valence-corrected chi connectivity index (χ4v) is 2.78. The van der Waals surface area contributed by atoms with Gasteiger partial charge in [0.25, 0.3) is 0 Å². The Balaban J connectivity index is 1.94. The lowest BCUT2D eigenvalue weighted by Crippen LogP contribution is -2.33. The van der Waals surface area contributed by atoms with Crippen molar-refractivity contribution in [1.82, 2.24) is 15.1 Å². The van der Waals surface area contributed by atoms with E-state index >= 15 is 0 Å². The molecule has 2 rings (SSSR count). The first-order chi connectivity index (χ1) is 11.4. The third-order valence-corrected chi connectivity index (χ3v) is 4.15. The van der Waals surface area contributed by atoms with Crippen LogP contribution in [-0.4, -0.2) is 22.2 Å². The molecule has 5 nitrogen and oxygen atoms in total. The van der Waals surface area contributed by atoms with E-state index in [2.05, 4.69) is 24.3 Å². The number of aryl methyl sites for hydroxylation is 1. The van der Waals surface area contributed by atoms with E-state index < -0.39 is 0 Å². The van der Waals surface area contributed by atoms with Crippen LogP contribution in [0.4, 0.5) is 0 Å². The summed E-state index contributed by atoms with van der Waals surface area (Å²) in [7, 11) is 0. The molecule has 5 heteroatoms. The Morgan fingerprint density at radius 2 is 1.92 bits per heavy atom. The Labute approximate surface area is 144 Å². The van der Waals surface area contributed by atoms with Crippen LogP contribution in [0.25, 0.3) is 0 Å². The molecule has 1 amide bonds. The molecule has 1 aromatic heterocycles. The van der Waals surface area contributed by atoms with Crippen LogP contribution in [0.5, 0.6) is 0 Å². The maximum atomic E-state index is 12.3. The molecule has 3 N–H and O–H groups in total. The van der Waals surface area contributed by atoms with Gasteiger partial charge in [-0.15, -0.1) is 0 Å². The lowest BCUT2D eigenvalue weighted by molar-refractivity contribution is -0.120. The van der Waals surface area contributed by atoms with E-state index in [1.54, 1.807) is 0 Å². The number of hydrogen-bond donors (Lipinski definition) is 2. The average Bonchev–Trinajstić information content (AvgIpc) is 2.80. The highest BCUT2D eigenvalue weighted by Gasteiger charge is 2.16. The van der Waals surface area contributed by atoms with Crippen LogP contribution in [0.15, 0.2) is 30.3 Å². The molecule has 0 aliphatic heterocycles. The second kappa shape index (κ2) is 8.11. The largest absolute Gasteiger partial charge is 0.354 e. The van der Waals surface area contributed by atoms with Gasteiger partial charge in [-0.1, -0.05) is 44.2 Å². The molecule has 1 unspecified atom stereocenters. The van der Waals surface area contributed by atoms with Gasteiger partial charge in [-0.25, -0.2) is 0 Å². The molecule has 1 atom stereocenters. The van der Waals surface area contributed by atoms with Crippen molar-refractivity contribution in [2.24, 2.45) is 11.7 Å². The number of amides is 1. The van der Waals surface area contributed by atoms with Gasteiger partial charge in [-0.05, 0) is 25.3 Å². The lowest BCUT2D eigenvalue weighted by atomic mass is 10.1. The number of hydrogen-bond acceptors (Lipinski definition) is 3. The fourth-order valence-electron chi connectivity index (χ4n) is 2.78. The number of carbonyl (C=O) groups is 1. The van der Waals surface area contributed by atoms with Gasteiger partial charge in [0.15, 0.2) is 0 Å². The van der Waals surface area contributed by atoms with E-state index in [4.69, 9.17) is 5.73 Å². The maximum Gasteiger partial charge on any atom is 0.224 e. The van der Waals surface area contributed by atoms with Crippen LogP contribution in [0.2, 0.25) is 0 Å². The summed E-state index contributed by atoms with van der Waals surface area (Å²) < 4.78 is 2.00. The third kappa shape index (κ3) is 4.68. The molecular formula is C19H28N4O. The third-order valence-electron chi connectivity index (χ3n) is 4.15. The maximum absolute atomic E-state index is 12.3. The number of nitrogens with zero attached hydrogens (tertiary/aromatic N) is 2. The quantitative estimate of drug-likeness (QED) is 0.820. The minimum atomic E-state index is -0.194. The zero-order valence-electron chi connectivity index (χ0n) is 15.0. The molecule has 2 aromatic rings. The first kappa shape index (κ1) is 18.2. The molecule has 1 aromatic carbocycles. The van der Waals surface area contributed by atoms with Crippen LogP contribution in [0.3, 0.4) is 0 Å². The predicted molar refractivity (Wildman–Crippen MR) is 96.6 cm³/mol. The molecule has 0 aliphatic rings. The van der Waals surface area contributed by atoms with E-state index in [0.29, 0.717) is 18.9 Å². The van der Waals surface area contributed by atoms with Crippen molar-refractivity contribution in [2.45, 2.75) is 46.7 Å².